The number of rotatable bonds is 6. The lowest BCUT2D eigenvalue weighted by Gasteiger charge is -2.06. The van der Waals surface area contributed by atoms with Gasteiger partial charge in [-0.1, -0.05) is 29.8 Å². The third kappa shape index (κ3) is 4.79. The summed E-state index contributed by atoms with van der Waals surface area (Å²) in [6.07, 6.45) is 4.07. The maximum atomic E-state index is 5.93. The van der Waals surface area contributed by atoms with Crippen molar-refractivity contribution in [2.45, 2.75) is 12.8 Å². The SMILES string of the molecule is COC/C(=C/c1cccc(Cl)c1)CCCN. The van der Waals surface area contributed by atoms with Gasteiger partial charge in [-0.2, -0.15) is 0 Å². The van der Waals surface area contributed by atoms with Crippen LogP contribution in [-0.4, -0.2) is 20.3 Å². The van der Waals surface area contributed by atoms with Crippen LogP contribution in [0.4, 0.5) is 0 Å². The van der Waals surface area contributed by atoms with Crippen molar-refractivity contribution in [3.05, 3.63) is 40.4 Å². The van der Waals surface area contributed by atoms with Crippen molar-refractivity contribution in [2.75, 3.05) is 20.3 Å². The molecule has 0 saturated heterocycles. The summed E-state index contributed by atoms with van der Waals surface area (Å²) in [5, 5.41) is 0.754. The third-order valence-electron chi connectivity index (χ3n) is 2.25. The molecule has 3 heteroatoms. The molecule has 0 aliphatic carbocycles. The molecule has 0 saturated carbocycles. The second kappa shape index (κ2) is 7.44. The van der Waals surface area contributed by atoms with Crippen molar-refractivity contribution in [3.63, 3.8) is 0 Å². The van der Waals surface area contributed by atoms with Crippen molar-refractivity contribution >= 4 is 17.7 Å². The molecule has 0 fully saturated rings. The molecule has 2 nitrogen and oxygen atoms in total. The number of benzene rings is 1. The maximum absolute atomic E-state index is 5.93. The van der Waals surface area contributed by atoms with Crippen LogP contribution in [0, 0.1) is 0 Å². The van der Waals surface area contributed by atoms with Gasteiger partial charge in [0.15, 0.2) is 0 Å². The van der Waals surface area contributed by atoms with E-state index in [1.807, 2.05) is 24.3 Å². The van der Waals surface area contributed by atoms with E-state index in [9.17, 15) is 0 Å². The average molecular weight is 240 g/mol. The van der Waals surface area contributed by atoms with Gasteiger partial charge >= 0.3 is 0 Å². The van der Waals surface area contributed by atoms with Crippen LogP contribution >= 0.6 is 11.6 Å². The summed E-state index contributed by atoms with van der Waals surface area (Å²) >= 11 is 5.93. The molecule has 0 bridgehead atoms. The standard InChI is InChI=1S/C13H18ClNO/c1-16-10-12(5-3-7-15)8-11-4-2-6-13(14)9-11/h2,4,6,8-9H,3,5,7,10,15H2,1H3/b12-8+. The van der Waals surface area contributed by atoms with E-state index in [0.717, 1.165) is 23.4 Å². The summed E-state index contributed by atoms with van der Waals surface area (Å²) in [4.78, 5) is 0. The van der Waals surface area contributed by atoms with Gasteiger partial charge < -0.3 is 10.5 Å². The van der Waals surface area contributed by atoms with E-state index in [1.165, 1.54) is 5.57 Å². The molecular weight excluding hydrogens is 222 g/mol. The summed E-state index contributed by atoms with van der Waals surface area (Å²) in [6.45, 7) is 1.35. The van der Waals surface area contributed by atoms with Crippen molar-refractivity contribution in [3.8, 4) is 0 Å². The summed E-state index contributed by atoms with van der Waals surface area (Å²) in [5.74, 6) is 0. The average Bonchev–Trinajstić information content (AvgIpc) is 2.26. The van der Waals surface area contributed by atoms with Crippen LogP contribution < -0.4 is 5.73 Å². The molecular formula is C13H18ClNO. The van der Waals surface area contributed by atoms with Crippen molar-refractivity contribution in [1.29, 1.82) is 0 Å². The Labute approximate surface area is 102 Å². The Morgan fingerprint density at radius 1 is 1.50 bits per heavy atom. The minimum Gasteiger partial charge on any atom is -0.380 e. The summed E-state index contributed by atoms with van der Waals surface area (Å²) in [5.41, 5.74) is 7.85. The fraction of sp³-hybridized carbons (Fsp3) is 0.385. The number of nitrogens with two attached hydrogens (primary N) is 1. The first-order valence-electron chi connectivity index (χ1n) is 5.40. The largest absolute Gasteiger partial charge is 0.380 e. The highest BCUT2D eigenvalue weighted by molar-refractivity contribution is 6.30. The summed E-state index contributed by atoms with van der Waals surface area (Å²) in [7, 11) is 1.70. The predicted molar refractivity (Wildman–Crippen MR) is 69.6 cm³/mol. The van der Waals surface area contributed by atoms with E-state index < -0.39 is 0 Å². The van der Waals surface area contributed by atoms with Gasteiger partial charge in [0.2, 0.25) is 0 Å². The molecule has 16 heavy (non-hydrogen) atoms. The molecule has 0 atom stereocenters. The number of hydrogen-bond donors (Lipinski definition) is 1. The van der Waals surface area contributed by atoms with Gasteiger partial charge in [0.1, 0.15) is 0 Å². The predicted octanol–water partition coefficient (Wildman–Crippen LogP) is 3.11. The zero-order valence-electron chi connectivity index (χ0n) is 9.58. The van der Waals surface area contributed by atoms with Crippen molar-refractivity contribution < 1.29 is 4.74 Å². The van der Waals surface area contributed by atoms with E-state index in [2.05, 4.69) is 6.08 Å². The van der Waals surface area contributed by atoms with Crippen LogP contribution in [0.2, 0.25) is 5.02 Å². The van der Waals surface area contributed by atoms with Crippen LogP contribution in [0.15, 0.2) is 29.8 Å². The quantitative estimate of drug-likeness (QED) is 0.828. The lowest BCUT2D eigenvalue weighted by atomic mass is 10.1. The lowest BCUT2D eigenvalue weighted by Crippen LogP contribution is -2.01. The molecule has 0 unspecified atom stereocenters. The molecule has 1 aromatic carbocycles. The third-order valence-corrected chi connectivity index (χ3v) is 2.49. The second-order valence-corrected chi connectivity index (χ2v) is 4.12. The van der Waals surface area contributed by atoms with Gasteiger partial charge in [-0.3, -0.25) is 0 Å². The first-order chi connectivity index (χ1) is 7.76. The first kappa shape index (κ1) is 13.2. The number of halogens is 1. The van der Waals surface area contributed by atoms with Gasteiger partial charge in [-0.15, -0.1) is 0 Å². The van der Waals surface area contributed by atoms with Gasteiger partial charge in [0.25, 0.3) is 0 Å². The fourth-order valence-corrected chi connectivity index (χ4v) is 1.73. The van der Waals surface area contributed by atoms with E-state index in [0.29, 0.717) is 13.2 Å². The molecule has 0 radical (unpaired) electrons. The van der Waals surface area contributed by atoms with E-state index in [1.54, 1.807) is 7.11 Å². The maximum Gasteiger partial charge on any atom is 0.0676 e. The van der Waals surface area contributed by atoms with Crippen LogP contribution in [0.1, 0.15) is 18.4 Å². The molecule has 88 valence electrons. The van der Waals surface area contributed by atoms with Gasteiger partial charge in [0.05, 0.1) is 6.61 Å². The van der Waals surface area contributed by atoms with Crippen LogP contribution in [0.25, 0.3) is 6.08 Å². The lowest BCUT2D eigenvalue weighted by molar-refractivity contribution is 0.223. The second-order valence-electron chi connectivity index (χ2n) is 3.68. The number of ether oxygens (including phenoxy) is 1. The van der Waals surface area contributed by atoms with E-state index >= 15 is 0 Å². The Balaban J connectivity index is 2.75. The van der Waals surface area contributed by atoms with Crippen LogP contribution in [0.5, 0.6) is 0 Å². The highest BCUT2D eigenvalue weighted by Gasteiger charge is 1.98. The van der Waals surface area contributed by atoms with Gasteiger partial charge in [0, 0.05) is 12.1 Å². The zero-order chi connectivity index (χ0) is 11.8. The summed E-state index contributed by atoms with van der Waals surface area (Å²) in [6, 6.07) is 7.79. The molecule has 0 aliphatic heterocycles. The Morgan fingerprint density at radius 3 is 2.94 bits per heavy atom. The molecule has 0 amide bonds. The van der Waals surface area contributed by atoms with Crippen molar-refractivity contribution in [1.82, 2.24) is 0 Å². The highest BCUT2D eigenvalue weighted by atomic mass is 35.5. The highest BCUT2D eigenvalue weighted by Crippen LogP contribution is 2.16. The zero-order valence-corrected chi connectivity index (χ0v) is 10.3. The molecule has 0 heterocycles. The normalized spacial score (nSPS) is 11.8. The Morgan fingerprint density at radius 2 is 2.31 bits per heavy atom. The molecule has 0 aliphatic rings. The van der Waals surface area contributed by atoms with Crippen LogP contribution in [-0.2, 0) is 4.74 Å². The Kier molecular flexibility index (Phi) is 6.16. The molecule has 0 aromatic heterocycles. The number of hydrogen-bond acceptors (Lipinski definition) is 2. The van der Waals surface area contributed by atoms with E-state index in [4.69, 9.17) is 22.1 Å². The number of methoxy groups -OCH3 is 1. The van der Waals surface area contributed by atoms with Gasteiger partial charge in [-0.25, -0.2) is 0 Å². The van der Waals surface area contributed by atoms with Gasteiger partial charge in [-0.05, 0) is 42.7 Å². The molecule has 0 spiro atoms. The minimum atomic E-state index is 0.645. The summed E-state index contributed by atoms with van der Waals surface area (Å²) < 4.78 is 5.16. The first-order valence-corrected chi connectivity index (χ1v) is 5.78. The smallest absolute Gasteiger partial charge is 0.0676 e. The fourth-order valence-electron chi connectivity index (χ4n) is 1.53. The Bertz CT molecular complexity index is 350. The van der Waals surface area contributed by atoms with Crippen LogP contribution in [0.3, 0.4) is 0 Å². The molecule has 1 rings (SSSR count). The molecule has 1 aromatic rings. The van der Waals surface area contributed by atoms with Crippen molar-refractivity contribution in [2.24, 2.45) is 5.73 Å². The topological polar surface area (TPSA) is 35.2 Å². The minimum absolute atomic E-state index is 0.645. The van der Waals surface area contributed by atoms with E-state index in [-0.39, 0.29) is 0 Å². The Hall–Kier alpha value is -0.830. The molecule has 2 N–H and O–H groups in total. The monoisotopic (exact) mass is 239 g/mol.